The molecule has 1 unspecified atom stereocenters. The molecule has 1 aromatic heterocycles. The Morgan fingerprint density at radius 2 is 1.83 bits per heavy atom. The summed E-state index contributed by atoms with van der Waals surface area (Å²) in [4.78, 5) is 25.4. The third-order valence-electron chi connectivity index (χ3n) is 5.54. The summed E-state index contributed by atoms with van der Waals surface area (Å²) < 4.78 is 1.92. The predicted molar refractivity (Wildman–Crippen MR) is 142 cm³/mol. The average Bonchev–Trinajstić information content (AvgIpc) is 3.22. The van der Waals surface area contributed by atoms with E-state index in [0.717, 1.165) is 11.3 Å². The second kappa shape index (κ2) is 12.4. The van der Waals surface area contributed by atoms with Gasteiger partial charge in [-0.05, 0) is 61.6 Å². The fraction of sp³-hybridized carbons (Fsp3) is 0.333. The summed E-state index contributed by atoms with van der Waals surface area (Å²) >= 11 is 1.31. The van der Waals surface area contributed by atoms with Crippen molar-refractivity contribution in [2.24, 2.45) is 5.92 Å². The Kier molecular flexibility index (Phi) is 9.25. The Labute approximate surface area is 211 Å². The molecule has 35 heavy (non-hydrogen) atoms. The van der Waals surface area contributed by atoms with Gasteiger partial charge in [0, 0.05) is 17.8 Å². The standard InChI is InChI=1S/C27H33N5O2S/c1-6-14-32-25(23(15-18(2)3)29-26(34)21-10-8-7-9-11-21)30-31-27(32)35-17-24(33)28-22-13-12-19(4)20(5)16-22/h6-13,16,18,23H,1,14-15,17H2,2-5H3,(H,28,33)(H,29,34). The van der Waals surface area contributed by atoms with Crippen LogP contribution in [-0.4, -0.2) is 32.3 Å². The van der Waals surface area contributed by atoms with Crippen molar-refractivity contribution in [3.8, 4) is 0 Å². The van der Waals surface area contributed by atoms with Gasteiger partial charge in [-0.3, -0.25) is 9.59 Å². The molecule has 0 fully saturated rings. The largest absolute Gasteiger partial charge is 0.342 e. The van der Waals surface area contributed by atoms with E-state index >= 15 is 0 Å². The van der Waals surface area contributed by atoms with E-state index in [1.807, 2.05) is 54.8 Å². The number of hydrogen-bond donors (Lipinski definition) is 2. The zero-order valence-corrected chi connectivity index (χ0v) is 21.6. The second-order valence-electron chi connectivity index (χ2n) is 8.90. The van der Waals surface area contributed by atoms with Crippen LogP contribution in [0.25, 0.3) is 0 Å². The average molecular weight is 492 g/mol. The number of anilines is 1. The first-order chi connectivity index (χ1) is 16.8. The van der Waals surface area contributed by atoms with Crippen molar-refractivity contribution in [3.63, 3.8) is 0 Å². The fourth-order valence-corrected chi connectivity index (χ4v) is 4.40. The number of amides is 2. The molecule has 0 radical (unpaired) electrons. The molecule has 0 saturated carbocycles. The van der Waals surface area contributed by atoms with Crippen LogP contribution in [0.4, 0.5) is 5.69 Å². The highest BCUT2D eigenvalue weighted by atomic mass is 32.2. The molecule has 0 aliphatic carbocycles. The molecule has 1 atom stereocenters. The molecule has 184 valence electrons. The lowest BCUT2D eigenvalue weighted by Gasteiger charge is -2.21. The summed E-state index contributed by atoms with van der Waals surface area (Å²) in [5.74, 6) is 0.883. The second-order valence-corrected chi connectivity index (χ2v) is 9.84. The molecule has 0 aliphatic heterocycles. The van der Waals surface area contributed by atoms with Gasteiger partial charge in [0.05, 0.1) is 11.8 Å². The molecule has 3 aromatic rings. The van der Waals surface area contributed by atoms with Crippen molar-refractivity contribution in [2.75, 3.05) is 11.1 Å². The van der Waals surface area contributed by atoms with Crippen molar-refractivity contribution < 1.29 is 9.59 Å². The van der Waals surface area contributed by atoms with E-state index in [-0.39, 0.29) is 23.6 Å². The monoisotopic (exact) mass is 491 g/mol. The topological polar surface area (TPSA) is 88.9 Å². The normalized spacial score (nSPS) is 11.8. The first kappa shape index (κ1) is 26.2. The molecule has 0 bridgehead atoms. The van der Waals surface area contributed by atoms with Crippen molar-refractivity contribution in [1.82, 2.24) is 20.1 Å². The summed E-state index contributed by atoms with van der Waals surface area (Å²) in [6, 6.07) is 14.6. The van der Waals surface area contributed by atoms with Crippen molar-refractivity contribution >= 4 is 29.3 Å². The minimum atomic E-state index is -0.325. The Bertz CT molecular complexity index is 1170. The number of carbonyl (C=O) groups is 2. The molecule has 8 heteroatoms. The van der Waals surface area contributed by atoms with Crippen LogP contribution in [0.2, 0.25) is 0 Å². The lowest BCUT2D eigenvalue weighted by atomic mass is 10.0. The van der Waals surface area contributed by atoms with Gasteiger partial charge in [0.2, 0.25) is 5.91 Å². The van der Waals surface area contributed by atoms with Crippen molar-refractivity contribution in [2.45, 2.75) is 51.9 Å². The van der Waals surface area contributed by atoms with Crippen LogP contribution in [0.5, 0.6) is 0 Å². The first-order valence-electron chi connectivity index (χ1n) is 11.7. The number of nitrogens with zero attached hydrogens (tertiary/aromatic N) is 3. The van der Waals surface area contributed by atoms with E-state index in [1.165, 1.54) is 17.3 Å². The van der Waals surface area contributed by atoms with Crippen LogP contribution >= 0.6 is 11.8 Å². The zero-order valence-electron chi connectivity index (χ0n) is 20.7. The van der Waals surface area contributed by atoms with Gasteiger partial charge in [0.15, 0.2) is 11.0 Å². The molecule has 1 heterocycles. The summed E-state index contributed by atoms with van der Waals surface area (Å²) in [7, 11) is 0. The van der Waals surface area contributed by atoms with Gasteiger partial charge in [0.25, 0.3) is 5.91 Å². The quantitative estimate of drug-likeness (QED) is 0.280. The van der Waals surface area contributed by atoms with Gasteiger partial charge < -0.3 is 15.2 Å². The Balaban J connectivity index is 1.75. The maximum absolute atomic E-state index is 12.9. The highest BCUT2D eigenvalue weighted by Gasteiger charge is 2.24. The zero-order chi connectivity index (χ0) is 25.4. The van der Waals surface area contributed by atoms with E-state index in [1.54, 1.807) is 18.2 Å². The molecule has 0 aliphatic rings. The summed E-state index contributed by atoms with van der Waals surface area (Å²) in [6.07, 6.45) is 2.46. The van der Waals surface area contributed by atoms with Crippen LogP contribution in [0.1, 0.15) is 53.6 Å². The molecule has 0 spiro atoms. The molecule has 7 nitrogen and oxygen atoms in total. The first-order valence-corrected chi connectivity index (χ1v) is 12.7. The number of benzene rings is 2. The van der Waals surface area contributed by atoms with E-state index < -0.39 is 0 Å². The molecular weight excluding hydrogens is 458 g/mol. The lowest BCUT2D eigenvalue weighted by molar-refractivity contribution is -0.113. The molecule has 0 saturated heterocycles. The Morgan fingerprint density at radius 3 is 2.49 bits per heavy atom. The Morgan fingerprint density at radius 1 is 1.09 bits per heavy atom. The van der Waals surface area contributed by atoms with E-state index in [2.05, 4.69) is 41.3 Å². The van der Waals surface area contributed by atoms with Gasteiger partial charge in [-0.2, -0.15) is 0 Å². The van der Waals surface area contributed by atoms with Crippen LogP contribution in [0.3, 0.4) is 0 Å². The number of carbonyl (C=O) groups excluding carboxylic acids is 2. The summed E-state index contributed by atoms with van der Waals surface area (Å²) in [6.45, 7) is 12.6. The van der Waals surface area contributed by atoms with Gasteiger partial charge in [-0.15, -0.1) is 16.8 Å². The van der Waals surface area contributed by atoms with Gasteiger partial charge >= 0.3 is 0 Å². The fourth-order valence-electron chi connectivity index (χ4n) is 3.64. The molecule has 2 amide bonds. The number of thioether (sulfide) groups is 1. The molecular formula is C27H33N5O2S. The highest BCUT2D eigenvalue weighted by Crippen LogP contribution is 2.26. The van der Waals surface area contributed by atoms with Gasteiger partial charge in [-0.25, -0.2) is 0 Å². The minimum Gasteiger partial charge on any atom is -0.342 e. The highest BCUT2D eigenvalue weighted by molar-refractivity contribution is 7.99. The van der Waals surface area contributed by atoms with E-state index in [4.69, 9.17) is 0 Å². The van der Waals surface area contributed by atoms with Crippen molar-refractivity contribution in [1.29, 1.82) is 0 Å². The predicted octanol–water partition coefficient (Wildman–Crippen LogP) is 5.33. The maximum Gasteiger partial charge on any atom is 0.251 e. The lowest BCUT2D eigenvalue weighted by Crippen LogP contribution is -2.31. The van der Waals surface area contributed by atoms with Crippen LogP contribution < -0.4 is 10.6 Å². The van der Waals surface area contributed by atoms with Crippen LogP contribution in [-0.2, 0) is 11.3 Å². The Hall–Kier alpha value is -3.39. The molecule has 2 N–H and O–H groups in total. The third kappa shape index (κ3) is 7.29. The number of aryl methyl sites for hydroxylation is 2. The van der Waals surface area contributed by atoms with E-state index in [0.29, 0.717) is 35.4 Å². The number of allylic oxidation sites excluding steroid dienone is 1. The van der Waals surface area contributed by atoms with Gasteiger partial charge in [0.1, 0.15) is 0 Å². The number of aromatic nitrogens is 3. The number of rotatable bonds is 11. The van der Waals surface area contributed by atoms with Gasteiger partial charge in [-0.1, -0.05) is 56.0 Å². The molecule has 3 rings (SSSR count). The summed E-state index contributed by atoms with van der Waals surface area (Å²) in [5, 5.41) is 15.4. The van der Waals surface area contributed by atoms with Crippen LogP contribution in [0, 0.1) is 19.8 Å². The maximum atomic E-state index is 12.9. The number of hydrogen-bond acceptors (Lipinski definition) is 5. The SMILES string of the molecule is C=CCn1c(SCC(=O)Nc2ccc(C)c(C)c2)nnc1C(CC(C)C)NC(=O)c1ccccc1. The number of nitrogens with one attached hydrogen (secondary N) is 2. The molecule has 2 aromatic carbocycles. The van der Waals surface area contributed by atoms with Crippen LogP contribution in [0.15, 0.2) is 66.3 Å². The summed E-state index contributed by atoms with van der Waals surface area (Å²) in [5.41, 5.74) is 3.67. The van der Waals surface area contributed by atoms with Crippen molar-refractivity contribution in [3.05, 3.63) is 83.7 Å². The van der Waals surface area contributed by atoms with E-state index in [9.17, 15) is 9.59 Å². The smallest absolute Gasteiger partial charge is 0.251 e. The third-order valence-corrected chi connectivity index (χ3v) is 6.51. The minimum absolute atomic E-state index is 0.121.